The summed E-state index contributed by atoms with van der Waals surface area (Å²) in [5.74, 6) is -0.373. The minimum absolute atomic E-state index is 0.000540. The SMILES string of the molecule is CC(=O)Cc1cn(-c2ccccc2F)nn1. The first kappa shape index (κ1) is 10.5. The van der Waals surface area contributed by atoms with Gasteiger partial charge in [-0.1, -0.05) is 17.3 Å². The van der Waals surface area contributed by atoms with Crippen molar-refractivity contribution in [3.05, 3.63) is 42.0 Å². The first-order valence-corrected chi connectivity index (χ1v) is 4.82. The van der Waals surface area contributed by atoms with Crippen molar-refractivity contribution in [2.45, 2.75) is 13.3 Å². The van der Waals surface area contributed by atoms with Crippen molar-refractivity contribution in [3.63, 3.8) is 0 Å². The molecule has 0 radical (unpaired) electrons. The fraction of sp³-hybridized carbons (Fsp3) is 0.182. The zero-order valence-corrected chi connectivity index (χ0v) is 8.72. The summed E-state index contributed by atoms with van der Waals surface area (Å²) in [4.78, 5) is 10.9. The molecule has 1 heterocycles. The normalized spacial score (nSPS) is 10.4. The molecule has 0 fully saturated rings. The van der Waals surface area contributed by atoms with E-state index in [0.29, 0.717) is 11.4 Å². The second-order valence-electron chi connectivity index (χ2n) is 3.48. The largest absolute Gasteiger partial charge is 0.300 e. The highest BCUT2D eigenvalue weighted by molar-refractivity contribution is 5.77. The fourth-order valence-electron chi connectivity index (χ4n) is 1.39. The Morgan fingerprint density at radius 3 is 2.88 bits per heavy atom. The standard InChI is InChI=1S/C11H10FN3O/c1-8(16)6-9-7-15(14-13-9)11-5-3-2-4-10(11)12/h2-5,7H,6H2,1H3. The molecular weight excluding hydrogens is 209 g/mol. The van der Waals surface area contributed by atoms with Crippen LogP contribution in [0.3, 0.4) is 0 Å². The minimum atomic E-state index is -0.373. The van der Waals surface area contributed by atoms with Crippen LogP contribution in [0.4, 0.5) is 4.39 Å². The molecule has 2 aromatic rings. The Bertz CT molecular complexity index is 521. The molecule has 0 unspecified atom stereocenters. The third-order valence-corrected chi connectivity index (χ3v) is 2.07. The Hall–Kier alpha value is -2.04. The molecule has 5 heteroatoms. The highest BCUT2D eigenvalue weighted by atomic mass is 19.1. The topological polar surface area (TPSA) is 47.8 Å². The zero-order valence-electron chi connectivity index (χ0n) is 8.72. The molecule has 0 spiro atoms. The van der Waals surface area contributed by atoms with E-state index in [1.54, 1.807) is 24.4 Å². The average molecular weight is 219 g/mol. The Morgan fingerprint density at radius 2 is 2.19 bits per heavy atom. The Kier molecular flexibility index (Phi) is 2.76. The number of nitrogens with zero attached hydrogens (tertiary/aromatic N) is 3. The number of halogens is 1. The number of Topliss-reactive ketones (excluding diaryl/α,β-unsaturated/α-hetero) is 1. The average Bonchev–Trinajstić information content (AvgIpc) is 2.66. The van der Waals surface area contributed by atoms with Gasteiger partial charge in [-0.05, 0) is 19.1 Å². The van der Waals surface area contributed by atoms with Crippen LogP contribution in [0.1, 0.15) is 12.6 Å². The van der Waals surface area contributed by atoms with E-state index in [4.69, 9.17) is 0 Å². The first-order valence-electron chi connectivity index (χ1n) is 4.82. The van der Waals surface area contributed by atoms with Crippen molar-refractivity contribution in [2.75, 3.05) is 0 Å². The Morgan fingerprint density at radius 1 is 1.44 bits per heavy atom. The number of rotatable bonds is 3. The molecule has 0 amide bonds. The maximum absolute atomic E-state index is 13.4. The highest BCUT2D eigenvalue weighted by Gasteiger charge is 2.07. The van der Waals surface area contributed by atoms with Gasteiger partial charge in [0.25, 0.3) is 0 Å². The van der Waals surface area contributed by atoms with Gasteiger partial charge in [0, 0.05) is 0 Å². The predicted molar refractivity (Wildman–Crippen MR) is 55.7 cm³/mol. The van der Waals surface area contributed by atoms with Crippen molar-refractivity contribution >= 4 is 5.78 Å². The molecule has 0 aliphatic heterocycles. The lowest BCUT2D eigenvalue weighted by Crippen LogP contribution is -1.98. The van der Waals surface area contributed by atoms with Crippen molar-refractivity contribution < 1.29 is 9.18 Å². The summed E-state index contributed by atoms with van der Waals surface area (Å²) in [6.45, 7) is 1.47. The summed E-state index contributed by atoms with van der Waals surface area (Å²) in [5, 5.41) is 7.57. The fourth-order valence-corrected chi connectivity index (χ4v) is 1.39. The number of ketones is 1. The molecular formula is C11H10FN3O. The van der Waals surface area contributed by atoms with Crippen molar-refractivity contribution in [3.8, 4) is 5.69 Å². The van der Waals surface area contributed by atoms with Crippen LogP contribution in [-0.2, 0) is 11.2 Å². The van der Waals surface area contributed by atoms with Gasteiger partial charge in [0.15, 0.2) is 0 Å². The summed E-state index contributed by atoms with van der Waals surface area (Å²) >= 11 is 0. The summed E-state index contributed by atoms with van der Waals surface area (Å²) < 4.78 is 14.7. The molecule has 0 saturated carbocycles. The van der Waals surface area contributed by atoms with E-state index in [0.717, 1.165) is 0 Å². The summed E-state index contributed by atoms with van der Waals surface area (Å²) in [6, 6.07) is 6.26. The van der Waals surface area contributed by atoms with E-state index < -0.39 is 0 Å². The van der Waals surface area contributed by atoms with Gasteiger partial charge in [0.1, 0.15) is 17.3 Å². The minimum Gasteiger partial charge on any atom is -0.300 e. The summed E-state index contributed by atoms with van der Waals surface area (Å²) in [5.41, 5.74) is 0.862. The van der Waals surface area contributed by atoms with E-state index in [-0.39, 0.29) is 18.0 Å². The monoisotopic (exact) mass is 219 g/mol. The number of carbonyl (C=O) groups excluding carboxylic acids is 1. The van der Waals surface area contributed by atoms with Gasteiger partial charge in [-0.15, -0.1) is 5.10 Å². The lowest BCUT2D eigenvalue weighted by Gasteiger charge is -1.99. The Balaban J connectivity index is 2.32. The highest BCUT2D eigenvalue weighted by Crippen LogP contribution is 2.11. The van der Waals surface area contributed by atoms with E-state index >= 15 is 0 Å². The van der Waals surface area contributed by atoms with Crippen LogP contribution < -0.4 is 0 Å². The smallest absolute Gasteiger partial charge is 0.148 e. The second kappa shape index (κ2) is 4.22. The van der Waals surface area contributed by atoms with Crippen LogP contribution in [0.5, 0.6) is 0 Å². The van der Waals surface area contributed by atoms with Crippen LogP contribution in [0.15, 0.2) is 30.5 Å². The van der Waals surface area contributed by atoms with Gasteiger partial charge < -0.3 is 0 Å². The van der Waals surface area contributed by atoms with Crippen LogP contribution in [0.2, 0.25) is 0 Å². The molecule has 16 heavy (non-hydrogen) atoms. The van der Waals surface area contributed by atoms with Crippen molar-refractivity contribution in [1.82, 2.24) is 15.0 Å². The van der Waals surface area contributed by atoms with Crippen LogP contribution >= 0.6 is 0 Å². The molecule has 1 aromatic carbocycles. The molecule has 0 N–H and O–H groups in total. The van der Waals surface area contributed by atoms with Gasteiger partial charge >= 0.3 is 0 Å². The predicted octanol–water partition coefficient (Wildman–Crippen LogP) is 1.54. The Labute approximate surface area is 91.7 Å². The number of carbonyl (C=O) groups is 1. The third-order valence-electron chi connectivity index (χ3n) is 2.07. The third kappa shape index (κ3) is 2.13. The number of aromatic nitrogens is 3. The van der Waals surface area contributed by atoms with Crippen molar-refractivity contribution in [1.29, 1.82) is 0 Å². The molecule has 0 saturated heterocycles. The molecule has 0 atom stereocenters. The summed E-state index contributed by atoms with van der Waals surface area (Å²) in [7, 11) is 0. The molecule has 0 aliphatic carbocycles. The zero-order chi connectivity index (χ0) is 11.5. The van der Waals surface area contributed by atoms with Gasteiger partial charge in [-0.3, -0.25) is 4.79 Å². The number of hydrogen-bond acceptors (Lipinski definition) is 3. The van der Waals surface area contributed by atoms with Gasteiger partial charge in [0.05, 0.1) is 18.3 Å². The van der Waals surface area contributed by atoms with Crippen LogP contribution in [-0.4, -0.2) is 20.8 Å². The van der Waals surface area contributed by atoms with Gasteiger partial charge in [0.2, 0.25) is 0 Å². The molecule has 1 aromatic heterocycles. The van der Waals surface area contributed by atoms with E-state index in [1.165, 1.54) is 17.7 Å². The quantitative estimate of drug-likeness (QED) is 0.786. The molecule has 4 nitrogen and oxygen atoms in total. The maximum atomic E-state index is 13.4. The maximum Gasteiger partial charge on any atom is 0.148 e. The summed E-state index contributed by atoms with van der Waals surface area (Å²) in [6.07, 6.45) is 1.77. The number of hydrogen-bond donors (Lipinski definition) is 0. The lowest BCUT2D eigenvalue weighted by molar-refractivity contribution is -0.116. The molecule has 0 bridgehead atoms. The van der Waals surface area contributed by atoms with Crippen molar-refractivity contribution in [2.24, 2.45) is 0 Å². The molecule has 82 valence electrons. The van der Waals surface area contributed by atoms with E-state index in [2.05, 4.69) is 10.3 Å². The number of para-hydroxylation sites is 1. The number of benzene rings is 1. The van der Waals surface area contributed by atoms with Crippen LogP contribution in [0.25, 0.3) is 5.69 Å². The molecule has 0 aliphatic rings. The second-order valence-corrected chi connectivity index (χ2v) is 3.48. The molecule has 2 rings (SSSR count). The van der Waals surface area contributed by atoms with E-state index in [1.807, 2.05) is 0 Å². The van der Waals surface area contributed by atoms with E-state index in [9.17, 15) is 9.18 Å². The van der Waals surface area contributed by atoms with Crippen LogP contribution in [0, 0.1) is 5.82 Å². The lowest BCUT2D eigenvalue weighted by atomic mass is 10.2. The van der Waals surface area contributed by atoms with Gasteiger partial charge in [-0.25, -0.2) is 9.07 Å². The first-order chi connectivity index (χ1) is 7.66. The van der Waals surface area contributed by atoms with Gasteiger partial charge in [-0.2, -0.15) is 0 Å².